The van der Waals surface area contributed by atoms with Crippen molar-refractivity contribution in [3.63, 3.8) is 0 Å². The highest BCUT2D eigenvalue weighted by molar-refractivity contribution is 9.10. The van der Waals surface area contributed by atoms with Crippen molar-refractivity contribution in [3.8, 4) is 0 Å². The summed E-state index contributed by atoms with van der Waals surface area (Å²) in [5, 5.41) is 0.385. The summed E-state index contributed by atoms with van der Waals surface area (Å²) < 4.78 is 5.59. The van der Waals surface area contributed by atoms with Gasteiger partial charge in [0.25, 0.3) is 5.91 Å². The molecule has 0 bridgehead atoms. The van der Waals surface area contributed by atoms with Gasteiger partial charge in [-0.1, -0.05) is 27.5 Å². The minimum atomic E-state index is -0.317. The van der Waals surface area contributed by atoms with Crippen molar-refractivity contribution < 1.29 is 14.3 Å². The van der Waals surface area contributed by atoms with Crippen LogP contribution in [0.2, 0.25) is 5.02 Å². The molecule has 0 fully saturated rings. The third-order valence-electron chi connectivity index (χ3n) is 2.46. The first-order chi connectivity index (χ1) is 8.95. The lowest BCUT2D eigenvalue weighted by molar-refractivity contribution is -0.143. The summed E-state index contributed by atoms with van der Waals surface area (Å²) in [4.78, 5) is 24.8. The van der Waals surface area contributed by atoms with Gasteiger partial charge >= 0.3 is 5.97 Å². The molecule has 0 N–H and O–H groups in total. The molecular weight excluding hydrogens is 334 g/mol. The van der Waals surface area contributed by atoms with Crippen LogP contribution in [-0.2, 0) is 9.53 Å². The first-order valence-corrected chi connectivity index (χ1v) is 6.99. The topological polar surface area (TPSA) is 46.6 Å². The molecule has 0 saturated carbocycles. The van der Waals surface area contributed by atoms with Crippen molar-refractivity contribution in [2.75, 3.05) is 20.2 Å². The molecule has 0 aromatic heterocycles. The van der Waals surface area contributed by atoms with Crippen molar-refractivity contribution >= 4 is 39.4 Å². The quantitative estimate of drug-likeness (QED) is 0.768. The molecule has 0 unspecified atom stereocenters. The average Bonchev–Trinajstić information content (AvgIpc) is 2.38. The van der Waals surface area contributed by atoms with Crippen LogP contribution in [0.5, 0.6) is 0 Å². The molecule has 0 spiro atoms. The molecule has 0 aliphatic heterocycles. The van der Waals surface area contributed by atoms with E-state index >= 15 is 0 Å². The average molecular weight is 349 g/mol. The van der Waals surface area contributed by atoms with Crippen LogP contribution in [0.3, 0.4) is 0 Å². The van der Waals surface area contributed by atoms with E-state index in [1.165, 1.54) is 4.90 Å². The number of benzene rings is 1. The van der Waals surface area contributed by atoms with Crippen molar-refractivity contribution in [3.05, 3.63) is 33.3 Å². The Bertz CT molecular complexity index is 479. The van der Waals surface area contributed by atoms with Crippen LogP contribution in [0.25, 0.3) is 0 Å². The van der Waals surface area contributed by atoms with Crippen LogP contribution in [0.15, 0.2) is 22.7 Å². The van der Waals surface area contributed by atoms with E-state index < -0.39 is 0 Å². The highest BCUT2D eigenvalue weighted by Crippen LogP contribution is 2.22. The van der Waals surface area contributed by atoms with Crippen LogP contribution in [-0.4, -0.2) is 37.0 Å². The monoisotopic (exact) mass is 347 g/mol. The zero-order valence-electron chi connectivity index (χ0n) is 10.8. The largest absolute Gasteiger partial charge is 0.466 e. The van der Waals surface area contributed by atoms with Crippen molar-refractivity contribution in [1.82, 2.24) is 4.90 Å². The number of carbonyl (C=O) groups is 2. The van der Waals surface area contributed by atoms with E-state index in [9.17, 15) is 9.59 Å². The molecule has 1 amide bonds. The Morgan fingerprint density at radius 1 is 1.42 bits per heavy atom. The van der Waals surface area contributed by atoms with E-state index in [4.69, 9.17) is 16.3 Å². The molecule has 0 aliphatic carbocycles. The Morgan fingerprint density at radius 2 is 2.11 bits per heavy atom. The SMILES string of the molecule is CCOC(=O)CCN(C)C(=O)c1cc(Br)ccc1Cl. The second kappa shape index (κ2) is 7.50. The first-order valence-electron chi connectivity index (χ1n) is 5.81. The van der Waals surface area contributed by atoms with Gasteiger partial charge in [0, 0.05) is 18.1 Å². The number of hydrogen-bond acceptors (Lipinski definition) is 3. The molecule has 6 heteroatoms. The van der Waals surface area contributed by atoms with Gasteiger partial charge < -0.3 is 9.64 Å². The number of halogens is 2. The number of hydrogen-bond donors (Lipinski definition) is 0. The van der Waals surface area contributed by atoms with Gasteiger partial charge in [0.15, 0.2) is 0 Å². The molecule has 1 aromatic rings. The van der Waals surface area contributed by atoms with Gasteiger partial charge in [-0.3, -0.25) is 9.59 Å². The van der Waals surface area contributed by atoms with E-state index in [1.807, 2.05) is 0 Å². The van der Waals surface area contributed by atoms with Crippen LogP contribution in [0.1, 0.15) is 23.7 Å². The lowest BCUT2D eigenvalue weighted by Gasteiger charge is -2.17. The molecule has 0 saturated heterocycles. The Morgan fingerprint density at radius 3 is 2.74 bits per heavy atom. The summed E-state index contributed by atoms with van der Waals surface area (Å²) >= 11 is 9.28. The van der Waals surface area contributed by atoms with Gasteiger partial charge in [-0.15, -0.1) is 0 Å². The van der Waals surface area contributed by atoms with Gasteiger partial charge in [-0.05, 0) is 25.1 Å². The number of amides is 1. The zero-order valence-corrected chi connectivity index (χ0v) is 13.1. The molecule has 0 atom stereocenters. The van der Waals surface area contributed by atoms with Crippen molar-refractivity contribution in [1.29, 1.82) is 0 Å². The van der Waals surface area contributed by atoms with Crippen molar-refractivity contribution in [2.45, 2.75) is 13.3 Å². The molecule has 0 radical (unpaired) electrons. The fourth-order valence-electron chi connectivity index (χ4n) is 1.46. The van der Waals surface area contributed by atoms with E-state index in [0.717, 1.165) is 4.47 Å². The lowest BCUT2D eigenvalue weighted by atomic mass is 10.2. The predicted molar refractivity (Wildman–Crippen MR) is 77.4 cm³/mol. The predicted octanol–water partition coefficient (Wildman–Crippen LogP) is 3.13. The van der Waals surface area contributed by atoms with E-state index in [-0.39, 0.29) is 18.3 Å². The van der Waals surface area contributed by atoms with Gasteiger partial charge in [-0.25, -0.2) is 0 Å². The third kappa shape index (κ3) is 4.84. The Labute approximate surface area is 125 Å². The van der Waals surface area contributed by atoms with Crippen LogP contribution < -0.4 is 0 Å². The van der Waals surface area contributed by atoms with E-state index in [1.54, 1.807) is 32.2 Å². The summed E-state index contributed by atoms with van der Waals surface area (Å²) in [6, 6.07) is 5.07. The molecule has 104 valence electrons. The summed E-state index contributed by atoms with van der Waals surface area (Å²) in [7, 11) is 1.62. The number of ether oxygens (including phenoxy) is 1. The number of carbonyl (C=O) groups excluding carboxylic acids is 2. The maximum atomic E-state index is 12.2. The molecule has 19 heavy (non-hydrogen) atoms. The molecule has 0 aliphatic rings. The zero-order chi connectivity index (χ0) is 14.4. The number of nitrogens with zero attached hydrogens (tertiary/aromatic N) is 1. The van der Waals surface area contributed by atoms with E-state index in [0.29, 0.717) is 23.7 Å². The van der Waals surface area contributed by atoms with Gasteiger partial charge in [0.1, 0.15) is 0 Å². The van der Waals surface area contributed by atoms with Gasteiger partial charge in [-0.2, -0.15) is 0 Å². The molecule has 1 aromatic carbocycles. The first kappa shape index (κ1) is 16.0. The second-order valence-corrected chi connectivity index (χ2v) is 5.23. The highest BCUT2D eigenvalue weighted by Gasteiger charge is 2.16. The summed E-state index contributed by atoms with van der Waals surface area (Å²) in [6.45, 7) is 2.38. The van der Waals surface area contributed by atoms with Crippen LogP contribution in [0.4, 0.5) is 0 Å². The summed E-state index contributed by atoms with van der Waals surface area (Å²) in [5.74, 6) is -0.543. The maximum absolute atomic E-state index is 12.2. The molecule has 0 heterocycles. The highest BCUT2D eigenvalue weighted by atomic mass is 79.9. The fourth-order valence-corrected chi connectivity index (χ4v) is 2.02. The summed E-state index contributed by atoms with van der Waals surface area (Å²) in [6.07, 6.45) is 0.168. The minimum absolute atomic E-state index is 0.168. The number of esters is 1. The maximum Gasteiger partial charge on any atom is 0.307 e. The fraction of sp³-hybridized carbons (Fsp3) is 0.385. The molecule has 1 rings (SSSR count). The Kier molecular flexibility index (Phi) is 6.31. The molecular formula is C13H15BrClNO3. The smallest absolute Gasteiger partial charge is 0.307 e. The van der Waals surface area contributed by atoms with Crippen LogP contribution in [0, 0.1) is 0 Å². The Balaban J connectivity index is 2.66. The summed E-state index contributed by atoms with van der Waals surface area (Å²) in [5.41, 5.74) is 0.405. The standard InChI is InChI=1S/C13H15BrClNO3/c1-3-19-12(17)6-7-16(2)13(18)10-8-9(14)4-5-11(10)15/h4-5,8H,3,6-7H2,1-2H3. The minimum Gasteiger partial charge on any atom is -0.466 e. The van der Waals surface area contributed by atoms with E-state index in [2.05, 4.69) is 15.9 Å². The van der Waals surface area contributed by atoms with Crippen LogP contribution >= 0.6 is 27.5 Å². The number of rotatable bonds is 5. The van der Waals surface area contributed by atoms with Gasteiger partial charge in [0.05, 0.1) is 23.6 Å². The second-order valence-electron chi connectivity index (χ2n) is 3.91. The third-order valence-corrected chi connectivity index (χ3v) is 3.29. The molecule has 4 nitrogen and oxygen atoms in total. The normalized spacial score (nSPS) is 10.1. The lowest BCUT2D eigenvalue weighted by Crippen LogP contribution is -2.29. The van der Waals surface area contributed by atoms with Crippen molar-refractivity contribution in [2.24, 2.45) is 0 Å². The Hall–Kier alpha value is -1.07. The van der Waals surface area contributed by atoms with Gasteiger partial charge in [0.2, 0.25) is 0 Å².